The van der Waals surface area contributed by atoms with Crippen molar-refractivity contribution in [2.75, 3.05) is 45.9 Å². The van der Waals surface area contributed by atoms with E-state index >= 15 is 0 Å². The van der Waals surface area contributed by atoms with Gasteiger partial charge >= 0.3 is 0 Å². The first-order valence-electron chi connectivity index (χ1n) is 9.74. The maximum Gasteiger partial charge on any atom is 0.124 e. The van der Waals surface area contributed by atoms with E-state index < -0.39 is 0 Å². The van der Waals surface area contributed by atoms with Gasteiger partial charge in [-0.05, 0) is 45.3 Å². The molecule has 1 aromatic carbocycles. The van der Waals surface area contributed by atoms with Gasteiger partial charge in [-0.25, -0.2) is 0 Å². The van der Waals surface area contributed by atoms with Crippen LogP contribution in [-0.2, 0) is 0 Å². The van der Waals surface area contributed by atoms with Crippen molar-refractivity contribution < 1.29 is 4.74 Å². The lowest BCUT2D eigenvalue weighted by molar-refractivity contribution is 0.0781. The number of piperazine rings is 1. The van der Waals surface area contributed by atoms with Crippen LogP contribution in [0.5, 0.6) is 5.75 Å². The molecule has 0 bridgehead atoms. The van der Waals surface area contributed by atoms with Crippen molar-refractivity contribution in [3.63, 3.8) is 0 Å². The molecule has 1 aromatic rings. The zero-order valence-electron chi connectivity index (χ0n) is 15.3. The maximum atomic E-state index is 5.98. The summed E-state index contributed by atoms with van der Waals surface area (Å²) < 4.78 is 5.98. The molecule has 24 heavy (non-hydrogen) atoms. The lowest BCUT2D eigenvalue weighted by Crippen LogP contribution is -2.54. The van der Waals surface area contributed by atoms with E-state index in [9.17, 15) is 0 Å². The summed E-state index contributed by atoms with van der Waals surface area (Å²) in [6.45, 7) is 12.0. The van der Waals surface area contributed by atoms with Crippen LogP contribution < -0.4 is 10.1 Å². The highest BCUT2D eigenvalue weighted by Crippen LogP contribution is 2.33. The lowest BCUT2D eigenvalue weighted by atomic mass is 9.99. The number of likely N-dealkylation sites (tertiary alicyclic amines) is 1. The highest BCUT2D eigenvalue weighted by atomic mass is 16.5. The largest absolute Gasteiger partial charge is 0.494 e. The van der Waals surface area contributed by atoms with Gasteiger partial charge < -0.3 is 15.0 Å². The molecule has 3 rings (SSSR count). The summed E-state index contributed by atoms with van der Waals surface area (Å²) >= 11 is 0. The molecule has 2 aliphatic heterocycles. The van der Waals surface area contributed by atoms with Gasteiger partial charge in [0.1, 0.15) is 5.75 Å². The second kappa shape index (κ2) is 8.84. The van der Waals surface area contributed by atoms with Gasteiger partial charge in [0.05, 0.1) is 12.6 Å². The van der Waals surface area contributed by atoms with Gasteiger partial charge in [-0.2, -0.15) is 0 Å². The number of nitrogens with zero attached hydrogens (tertiary/aromatic N) is 2. The third-order valence-corrected chi connectivity index (χ3v) is 5.48. The minimum atomic E-state index is 0.429. The zero-order valence-corrected chi connectivity index (χ0v) is 15.3. The summed E-state index contributed by atoms with van der Waals surface area (Å²) in [4.78, 5) is 5.37. The Hall–Kier alpha value is -1.10. The molecule has 2 aliphatic rings. The minimum absolute atomic E-state index is 0.429. The van der Waals surface area contributed by atoms with Gasteiger partial charge in [0.2, 0.25) is 0 Å². The van der Waals surface area contributed by atoms with Gasteiger partial charge in [-0.15, -0.1) is 0 Å². The second-order valence-electron chi connectivity index (χ2n) is 7.00. The molecule has 4 nitrogen and oxygen atoms in total. The first-order chi connectivity index (χ1) is 11.8. The van der Waals surface area contributed by atoms with Gasteiger partial charge in [0.25, 0.3) is 0 Å². The van der Waals surface area contributed by atoms with E-state index in [1.54, 1.807) is 0 Å². The van der Waals surface area contributed by atoms with Crippen LogP contribution in [0.15, 0.2) is 24.3 Å². The normalized spacial score (nSPS) is 24.2. The standard InChI is InChI=1S/C20H33N3O/c1-3-17-15-21-11-14-23(17)19(16-22-12-7-8-13-22)18-9-5-6-10-20(18)24-4-2/h5-6,9-10,17,19,21H,3-4,7-8,11-16H2,1-2H3. The van der Waals surface area contributed by atoms with Crippen molar-refractivity contribution >= 4 is 0 Å². The third-order valence-electron chi connectivity index (χ3n) is 5.48. The van der Waals surface area contributed by atoms with Gasteiger partial charge in [-0.3, -0.25) is 4.90 Å². The molecule has 0 aliphatic carbocycles. The number of benzene rings is 1. The Balaban J connectivity index is 1.88. The van der Waals surface area contributed by atoms with Crippen LogP contribution in [0.3, 0.4) is 0 Å². The number of para-hydroxylation sites is 1. The first kappa shape index (κ1) is 17.7. The fourth-order valence-corrected chi connectivity index (χ4v) is 4.20. The summed E-state index contributed by atoms with van der Waals surface area (Å²) in [7, 11) is 0. The quantitative estimate of drug-likeness (QED) is 0.831. The van der Waals surface area contributed by atoms with Crippen LogP contribution in [0.1, 0.15) is 44.7 Å². The summed E-state index contributed by atoms with van der Waals surface area (Å²) in [6, 6.07) is 9.72. The number of rotatable bonds is 7. The van der Waals surface area contributed by atoms with Crippen LogP contribution in [0.25, 0.3) is 0 Å². The van der Waals surface area contributed by atoms with Crippen molar-refractivity contribution in [2.45, 2.75) is 45.2 Å². The van der Waals surface area contributed by atoms with E-state index in [0.29, 0.717) is 12.1 Å². The third kappa shape index (κ3) is 4.11. The van der Waals surface area contributed by atoms with Crippen LogP contribution >= 0.6 is 0 Å². The lowest BCUT2D eigenvalue weighted by Gasteiger charge is -2.43. The molecule has 1 N–H and O–H groups in total. The topological polar surface area (TPSA) is 27.7 Å². The van der Waals surface area contributed by atoms with Crippen LogP contribution in [0.2, 0.25) is 0 Å². The monoisotopic (exact) mass is 331 g/mol. The molecule has 2 unspecified atom stereocenters. The molecular formula is C20H33N3O. The average molecular weight is 332 g/mol. The average Bonchev–Trinajstić information content (AvgIpc) is 3.14. The van der Waals surface area contributed by atoms with Crippen molar-refractivity contribution in [2.24, 2.45) is 0 Å². The molecule has 0 amide bonds. The summed E-state index contributed by atoms with van der Waals surface area (Å²) in [6.07, 6.45) is 3.89. The van der Waals surface area contributed by atoms with E-state index in [-0.39, 0.29) is 0 Å². The van der Waals surface area contributed by atoms with E-state index in [1.165, 1.54) is 37.9 Å². The smallest absolute Gasteiger partial charge is 0.124 e. The molecule has 0 aromatic heterocycles. The van der Waals surface area contributed by atoms with Gasteiger partial charge in [0.15, 0.2) is 0 Å². The maximum absolute atomic E-state index is 5.98. The van der Waals surface area contributed by atoms with Crippen molar-refractivity contribution in [3.05, 3.63) is 29.8 Å². The van der Waals surface area contributed by atoms with E-state index in [2.05, 4.69) is 53.2 Å². The zero-order chi connectivity index (χ0) is 16.8. The number of hydrogen-bond donors (Lipinski definition) is 1. The van der Waals surface area contributed by atoms with Crippen LogP contribution in [0.4, 0.5) is 0 Å². The Labute approximate surface area is 147 Å². The van der Waals surface area contributed by atoms with Gasteiger partial charge in [-0.1, -0.05) is 25.1 Å². The predicted molar refractivity (Wildman–Crippen MR) is 99.7 cm³/mol. The molecule has 2 fully saturated rings. The van der Waals surface area contributed by atoms with E-state index in [1.807, 2.05) is 0 Å². The molecule has 0 radical (unpaired) electrons. The molecule has 134 valence electrons. The summed E-state index contributed by atoms with van der Waals surface area (Å²) in [5, 5.41) is 3.57. The molecule has 0 saturated carbocycles. The fourth-order valence-electron chi connectivity index (χ4n) is 4.20. The fraction of sp³-hybridized carbons (Fsp3) is 0.700. The summed E-state index contributed by atoms with van der Waals surface area (Å²) in [5.74, 6) is 1.07. The minimum Gasteiger partial charge on any atom is -0.494 e. The Morgan fingerprint density at radius 2 is 1.96 bits per heavy atom. The van der Waals surface area contributed by atoms with Crippen molar-refractivity contribution in [1.82, 2.24) is 15.1 Å². The molecule has 2 saturated heterocycles. The van der Waals surface area contributed by atoms with Gasteiger partial charge in [0, 0.05) is 37.8 Å². The Morgan fingerprint density at radius 1 is 1.17 bits per heavy atom. The molecule has 4 heteroatoms. The van der Waals surface area contributed by atoms with E-state index in [4.69, 9.17) is 4.74 Å². The van der Waals surface area contributed by atoms with Crippen molar-refractivity contribution in [3.8, 4) is 5.75 Å². The molecular weight excluding hydrogens is 298 g/mol. The molecule has 2 heterocycles. The van der Waals surface area contributed by atoms with Crippen LogP contribution in [-0.4, -0.2) is 61.7 Å². The highest BCUT2D eigenvalue weighted by molar-refractivity contribution is 5.36. The number of hydrogen-bond acceptors (Lipinski definition) is 4. The molecule has 2 atom stereocenters. The Morgan fingerprint density at radius 3 is 2.71 bits per heavy atom. The van der Waals surface area contributed by atoms with Crippen LogP contribution in [0, 0.1) is 0 Å². The second-order valence-corrected chi connectivity index (χ2v) is 7.00. The first-order valence-corrected chi connectivity index (χ1v) is 9.74. The summed E-state index contributed by atoms with van der Waals surface area (Å²) in [5.41, 5.74) is 1.37. The van der Waals surface area contributed by atoms with E-state index in [0.717, 1.165) is 38.5 Å². The Kier molecular flexibility index (Phi) is 6.52. The SMILES string of the molecule is CCOc1ccccc1C(CN1CCCC1)N1CCNCC1CC. The number of nitrogens with one attached hydrogen (secondary N) is 1. The predicted octanol–water partition coefficient (Wildman–Crippen LogP) is 2.91. The number of ether oxygens (including phenoxy) is 1. The van der Waals surface area contributed by atoms with Crippen molar-refractivity contribution in [1.29, 1.82) is 0 Å². The highest BCUT2D eigenvalue weighted by Gasteiger charge is 2.32. The Bertz CT molecular complexity index is 501. The molecule has 0 spiro atoms.